The molecular weight excluding hydrogens is 237 g/mol. The highest BCUT2D eigenvalue weighted by Crippen LogP contribution is 2.11. The average Bonchev–Trinajstić information content (AvgIpc) is 2.30. The van der Waals surface area contributed by atoms with Gasteiger partial charge in [-0.15, -0.1) is 0 Å². The number of nitrogens with one attached hydrogen (secondary N) is 2. The molecule has 2 N–H and O–H groups in total. The summed E-state index contributed by atoms with van der Waals surface area (Å²) < 4.78 is 13.3. The van der Waals surface area contributed by atoms with Crippen LogP contribution in [0.4, 0.5) is 10.1 Å². The number of thiocarbonyl (C=S) groups is 1. The van der Waals surface area contributed by atoms with Gasteiger partial charge >= 0.3 is 0 Å². The lowest BCUT2D eigenvalue weighted by Gasteiger charge is -2.08. The van der Waals surface area contributed by atoms with Crippen molar-refractivity contribution >= 4 is 28.7 Å². The first-order chi connectivity index (χ1) is 8.13. The van der Waals surface area contributed by atoms with Crippen LogP contribution in [0.5, 0.6) is 0 Å². The number of benzene rings is 1. The molecule has 0 heterocycles. The summed E-state index contributed by atoms with van der Waals surface area (Å²) in [5, 5.41) is 7.11. The second-order valence-corrected chi connectivity index (χ2v) is 4.05. The van der Waals surface area contributed by atoms with E-state index in [1.807, 2.05) is 6.92 Å². The molecule has 1 rings (SSSR count). The van der Waals surface area contributed by atoms with Crippen molar-refractivity contribution in [2.24, 2.45) is 5.10 Å². The molecule has 0 fully saturated rings. The first-order valence-corrected chi connectivity index (χ1v) is 5.89. The molecule has 0 unspecified atom stereocenters. The van der Waals surface area contributed by atoms with Gasteiger partial charge in [0.1, 0.15) is 5.82 Å². The Morgan fingerprint density at radius 1 is 1.41 bits per heavy atom. The number of nitrogens with zero attached hydrogens (tertiary/aromatic N) is 1. The van der Waals surface area contributed by atoms with E-state index in [2.05, 4.69) is 22.8 Å². The van der Waals surface area contributed by atoms with Gasteiger partial charge in [0.05, 0.1) is 5.69 Å². The summed E-state index contributed by atoms with van der Waals surface area (Å²) >= 11 is 5.00. The third-order valence-electron chi connectivity index (χ3n) is 2.08. The summed E-state index contributed by atoms with van der Waals surface area (Å²) in [6, 6.07) is 6.35. The second-order valence-electron chi connectivity index (χ2n) is 3.64. The third-order valence-corrected chi connectivity index (χ3v) is 2.28. The zero-order valence-corrected chi connectivity index (χ0v) is 10.8. The number of hydrogen-bond acceptors (Lipinski definition) is 2. The van der Waals surface area contributed by atoms with Crippen LogP contribution in [-0.2, 0) is 0 Å². The largest absolute Gasteiger partial charge is 0.329 e. The lowest BCUT2D eigenvalue weighted by Crippen LogP contribution is -2.25. The summed E-state index contributed by atoms with van der Waals surface area (Å²) in [6.07, 6.45) is 1.94. The number of para-hydroxylation sites is 1. The minimum atomic E-state index is -0.342. The van der Waals surface area contributed by atoms with Crippen LogP contribution in [0.1, 0.15) is 26.7 Å². The van der Waals surface area contributed by atoms with Crippen LogP contribution in [0.25, 0.3) is 0 Å². The van der Waals surface area contributed by atoms with Crippen molar-refractivity contribution < 1.29 is 4.39 Å². The van der Waals surface area contributed by atoms with Crippen molar-refractivity contribution in [2.75, 3.05) is 5.32 Å². The van der Waals surface area contributed by atoms with Gasteiger partial charge in [-0.2, -0.15) is 5.10 Å². The van der Waals surface area contributed by atoms with E-state index in [1.54, 1.807) is 18.2 Å². The minimum absolute atomic E-state index is 0.283. The average molecular weight is 253 g/mol. The first-order valence-electron chi connectivity index (χ1n) is 5.48. The molecule has 17 heavy (non-hydrogen) atoms. The molecule has 0 aromatic heterocycles. The van der Waals surface area contributed by atoms with Gasteiger partial charge in [0, 0.05) is 5.71 Å². The van der Waals surface area contributed by atoms with Crippen LogP contribution >= 0.6 is 12.2 Å². The maximum Gasteiger partial charge on any atom is 0.191 e. The van der Waals surface area contributed by atoms with Crippen LogP contribution in [0.2, 0.25) is 0 Å². The van der Waals surface area contributed by atoms with Gasteiger partial charge < -0.3 is 5.32 Å². The van der Waals surface area contributed by atoms with Crippen molar-refractivity contribution in [3.8, 4) is 0 Å². The molecule has 0 aliphatic carbocycles. The summed E-state index contributed by atoms with van der Waals surface area (Å²) in [5.41, 5.74) is 3.99. The Hall–Kier alpha value is -1.49. The fraction of sp³-hybridized carbons (Fsp3) is 0.333. The molecule has 0 amide bonds. The normalized spacial score (nSPS) is 11.1. The number of hydrogen-bond donors (Lipinski definition) is 2. The Kier molecular flexibility index (Phi) is 5.56. The van der Waals surface area contributed by atoms with E-state index in [-0.39, 0.29) is 10.9 Å². The van der Waals surface area contributed by atoms with E-state index in [4.69, 9.17) is 12.2 Å². The lowest BCUT2D eigenvalue weighted by molar-refractivity contribution is 0.632. The molecule has 0 atom stereocenters. The maximum absolute atomic E-state index is 13.3. The zero-order chi connectivity index (χ0) is 12.7. The quantitative estimate of drug-likeness (QED) is 0.491. The molecule has 0 spiro atoms. The molecule has 1 aromatic carbocycles. The topological polar surface area (TPSA) is 36.4 Å². The van der Waals surface area contributed by atoms with Crippen LogP contribution in [-0.4, -0.2) is 10.8 Å². The minimum Gasteiger partial charge on any atom is -0.329 e. The molecule has 0 bridgehead atoms. The van der Waals surface area contributed by atoms with Crippen molar-refractivity contribution in [3.05, 3.63) is 30.1 Å². The standard InChI is InChI=1S/C12H16FN3S/c1-3-6-9(2)15-16-12(17)14-11-8-5-4-7-10(11)13/h4-5,7-8H,3,6H2,1-2H3,(H2,14,16,17)/b15-9-. The Bertz CT molecular complexity index is 418. The van der Waals surface area contributed by atoms with Crippen molar-refractivity contribution in [3.63, 3.8) is 0 Å². The van der Waals surface area contributed by atoms with Crippen molar-refractivity contribution in [2.45, 2.75) is 26.7 Å². The van der Waals surface area contributed by atoms with Crippen LogP contribution in [0, 0.1) is 5.82 Å². The van der Waals surface area contributed by atoms with E-state index in [0.29, 0.717) is 5.69 Å². The second kappa shape index (κ2) is 6.96. The predicted molar refractivity (Wildman–Crippen MR) is 73.8 cm³/mol. The fourth-order valence-corrected chi connectivity index (χ4v) is 1.43. The fourth-order valence-electron chi connectivity index (χ4n) is 1.28. The third kappa shape index (κ3) is 4.91. The highest BCUT2D eigenvalue weighted by atomic mass is 32.1. The van der Waals surface area contributed by atoms with Crippen molar-refractivity contribution in [1.82, 2.24) is 5.43 Å². The predicted octanol–water partition coefficient (Wildman–Crippen LogP) is 3.29. The van der Waals surface area contributed by atoms with Gasteiger partial charge in [0.15, 0.2) is 5.11 Å². The summed E-state index contributed by atoms with van der Waals surface area (Å²) in [7, 11) is 0. The number of rotatable bonds is 4. The Balaban J connectivity index is 2.51. The van der Waals surface area contributed by atoms with Crippen LogP contribution in [0.15, 0.2) is 29.4 Å². The Morgan fingerprint density at radius 2 is 2.12 bits per heavy atom. The van der Waals surface area contributed by atoms with Gasteiger partial charge in [-0.05, 0) is 37.7 Å². The van der Waals surface area contributed by atoms with Gasteiger partial charge in [0.2, 0.25) is 0 Å². The van der Waals surface area contributed by atoms with Gasteiger partial charge in [-0.25, -0.2) is 4.39 Å². The maximum atomic E-state index is 13.3. The highest BCUT2D eigenvalue weighted by Gasteiger charge is 2.01. The van der Waals surface area contributed by atoms with E-state index in [1.165, 1.54) is 6.07 Å². The van der Waals surface area contributed by atoms with E-state index in [9.17, 15) is 4.39 Å². The van der Waals surface area contributed by atoms with Gasteiger partial charge in [0.25, 0.3) is 0 Å². The molecule has 0 radical (unpaired) electrons. The van der Waals surface area contributed by atoms with Crippen LogP contribution < -0.4 is 10.7 Å². The van der Waals surface area contributed by atoms with E-state index < -0.39 is 0 Å². The number of anilines is 1. The molecule has 5 heteroatoms. The summed E-state index contributed by atoms with van der Waals surface area (Å²) in [5.74, 6) is -0.342. The molecule has 1 aromatic rings. The van der Waals surface area contributed by atoms with E-state index in [0.717, 1.165) is 18.6 Å². The molecule has 0 aliphatic heterocycles. The Labute approximate surface area is 106 Å². The molecule has 0 saturated carbocycles. The first kappa shape index (κ1) is 13.6. The highest BCUT2D eigenvalue weighted by molar-refractivity contribution is 7.80. The Morgan fingerprint density at radius 3 is 2.76 bits per heavy atom. The van der Waals surface area contributed by atoms with Gasteiger partial charge in [-0.1, -0.05) is 25.5 Å². The molecular formula is C12H16FN3S. The number of hydrazone groups is 1. The van der Waals surface area contributed by atoms with E-state index >= 15 is 0 Å². The number of halogens is 1. The molecule has 3 nitrogen and oxygen atoms in total. The molecule has 0 saturated heterocycles. The van der Waals surface area contributed by atoms with Crippen molar-refractivity contribution in [1.29, 1.82) is 0 Å². The molecule has 92 valence electrons. The summed E-state index contributed by atoms with van der Waals surface area (Å²) in [4.78, 5) is 0. The zero-order valence-electron chi connectivity index (χ0n) is 9.96. The van der Waals surface area contributed by atoms with Gasteiger partial charge in [-0.3, -0.25) is 5.43 Å². The monoisotopic (exact) mass is 253 g/mol. The summed E-state index contributed by atoms with van der Waals surface area (Å²) in [6.45, 7) is 4.00. The SMILES string of the molecule is CCC/C(C)=N\NC(=S)Nc1ccccc1F. The van der Waals surface area contributed by atoms with Crippen LogP contribution in [0.3, 0.4) is 0 Å². The smallest absolute Gasteiger partial charge is 0.191 e. The lowest BCUT2D eigenvalue weighted by atomic mass is 10.2. The molecule has 0 aliphatic rings.